The Kier molecular flexibility index (Phi) is 1.43. The first kappa shape index (κ1) is 4.96. The van der Waals surface area contributed by atoms with Crippen LogP contribution in [0.4, 0.5) is 0 Å². The SMILES string of the molecule is [2H]c1nc(C(C)=O)c([2H])nc1Br. The van der Waals surface area contributed by atoms with Gasteiger partial charge < -0.3 is 0 Å². The van der Waals surface area contributed by atoms with Crippen LogP contribution in [0.5, 0.6) is 0 Å². The first-order valence-electron chi connectivity index (χ1n) is 3.54. The van der Waals surface area contributed by atoms with Crippen LogP contribution in [-0.2, 0) is 0 Å². The highest BCUT2D eigenvalue weighted by Gasteiger charge is 1.98. The predicted molar refractivity (Wildman–Crippen MR) is 39.7 cm³/mol. The lowest BCUT2D eigenvalue weighted by atomic mass is 10.3. The molecule has 0 atom stereocenters. The fourth-order valence-electron chi connectivity index (χ4n) is 0.412. The van der Waals surface area contributed by atoms with Crippen LogP contribution in [0.1, 0.15) is 20.2 Å². The van der Waals surface area contributed by atoms with Crippen molar-refractivity contribution in [1.29, 1.82) is 0 Å². The Morgan fingerprint density at radius 1 is 1.70 bits per heavy atom. The minimum absolute atomic E-state index is 0.0665. The zero-order chi connectivity index (χ0) is 9.30. The highest BCUT2D eigenvalue weighted by atomic mass is 79.9. The standard InChI is InChI=1S/C6H5BrN2O/c1-4(10)5-2-9-6(7)3-8-5/h2-3H,1H3/i2D,3D. The highest BCUT2D eigenvalue weighted by Crippen LogP contribution is 2.02. The summed E-state index contributed by atoms with van der Waals surface area (Å²) in [5, 5.41) is 0. The number of carbonyl (C=O) groups excluding carboxylic acids is 1. The first-order valence-corrected chi connectivity index (χ1v) is 3.33. The molecule has 0 saturated heterocycles. The molecule has 0 aliphatic heterocycles. The summed E-state index contributed by atoms with van der Waals surface area (Å²) < 4.78 is 14.6. The van der Waals surface area contributed by atoms with E-state index in [-0.39, 0.29) is 28.4 Å². The van der Waals surface area contributed by atoms with Crippen molar-refractivity contribution in [3.05, 3.63) is 22.6 Å². The molecule has 0 saturated carbocycles. The summed E-state index contributed by atoms with van der Waals surface area (Å²) in [6.07, 6.45) is -0.332. The molecule has 0 aromatic carbocycles. The molecule has 3 nitrogen and oxygen atoms in total. The van der Waals surface area contributed by atoms with E-state index < -0.39 is 0 Å². The Balaban J connectivity index is 3.33. The van der Waals surface area contributed by atoms with Gasteiger partial charge in [0.2, 0.25) is 0 Å². The molecule has 10 heavy (non-hydrogen) atoms. The van der Waals surface area contributed by atoms with Gasteiger partial charge in [0, 0.05) is 6.92 Å². The predicted octanol–water partition coefficient (Wildman–Crippen LogP) is 1.44. The van der Waals surface area contributed by atoms with Gasteiger partial charge in [-0.15, -0.1) is 0 Å². The van der Waals surface area contributed by atoms with Crippen LogP contribution in [0.2, 0.25) is 0 Å². The molecule has 52 valence electrons. The number of Topliss-reactive ketones (excluding diaryl/α,β-unsaturated/α-hetero) is 1. The van der Waals surface area contributed by atoms with Crippen molar-refractivity contribution >= 4 is 21.7 Å². The van der Waals surface area contributed by atoms with E-state index in [9.17, 15) is 4.79 Å². The monoisotopic (exact) mass is 202 g/mol. The van der Waals surface area contributed by atoms with E-state index in [1.165, 1.54) is 6.92 Å². The number of hydrogen-bond donors (Lipinski definition) is 0. The van der Waals surface area contributed by atoms with Crippen molar-refractivity contribution in [1.82, 2.24) is 9.97 Å². The van der Waals surface area contributed by atoms with Gasteiger partial charge in [0.25, 0.3) is 0 Å². The second-order valence-electron chi connectivity index (χ2n) is 1.64. The average molecular weight is 203 g/mol. The van der Waals surface area contributed by atoms with E-state index in [4.69, 9.17) is 2.74 Å². The molecule has 0 amide bonds. The summed E-state index contributed by atoms with van der Waals surface area (Å²) >= 11 is 2.94. The van der Waals surface area contributed by atoms with Gasteiger partial charge >= 0.3 is 0 Å². The second-order valence-corrected chi connectivity index (χ2v) is 2.39. The maximum Gasteiger partial charge on any atom is 0.179 e. The average Bonchev–Trinajstić information content (AvgIpc) is 1.96. The number of halogens is 1. The van der Waals surface area contributed by atoms with Gasteiger partial charge in [0.15, 0.2) is 5.78 Å². The fraction of sp³-hybridized carbons (Fsp3) is 0.167. The minimum Gasteiger partial charge on any atom is -0.293 e. The summed E-state index contributed by atoms with van der Waals surface area (Å²) in [5.74, 6) is -0.353. The largest absolute Gasteiger partial charge is 0.293 e. The van der Waals surface area contributed by atoms with E-state index in [0.29, 0.717) is 0 Å². The van der Waals surface area contributed by atoms with Crippen LogP contribution in [0, 0.1) is 0 Å². The quantitative estimate of drug-likeness (QED) is 0.648. The topological polar surface area (TPSA) is 42.9 Å². The molecule has 0 spiro atoms. The van der Waals surface area contributed by atoms with Crippen LogP contribution >= 0.6 is 15.9 Å². The molecule has 0 unspecified atom stereocenters. The van der Waals surface area contributed by atoms with Crippen molar-refractivity contribution < 1.29 is 7.54 Å². The molecule has 0 aliphatic rings. The Hall–Kier alpha value is -0.770. The van der Waals surface area contributed by atoms with Gasteiger partial charge in [0.05, 0.1) is 15.1 Å². The molecule has 0 radical (unpaired) electrons. The third-order valence-corrected chi connectivity index (χ3v) is 1.21. The molecule has 1 aromatic heterocycles. The molecule has 1 heterocycles. The highest BCUT2D eigenvalue weighted by molar-refractivity contribution is 9.10. The Morgan fingerprint density at radius 2 is 2.40 bits per heavy atom. The lowest BCUT2D eigenvalue weighted by molar-refractivity contribution is 0.101. The summed E-state index contributed by atoms with van der Waals surface area (Å²) in [6.45, 7) is 1.29. The maximum atomic E-state index is 10.8. The van der Waals surface area contributed by atoms with Gasteiger partial charge in [-0.2, -0.15) is 0 Å². The van der Waals surface area contributed by atoms with E-state index in [0.717, 1.165) is 0 Å². The van der Waals surface area contributed by atoms with Gasteiger partial charge in [-0.25, -0.2) is 9.97 Å². The van der Waals surface area contributed by atoms with Crippen LogP contribution in [-0.4, -0.2) is 15.8 Å². The number of carbonyl (C=O) groups is 1. The number of hydrogen-bond acceptors (Lipinski definition) is 3. The normalized spacial score (nSPS) is 12.2. The smallest absolute Gasteiger partial charge is 0.179 e. The Bertz CT molecular complexity index is 343. The van der Waals surface area contributed by atoms with E-state index >= 15 is 0 Å². The number of nitrogens with zero attached hydrogens (tertiary/aromatic N) is 2. The molecule has 0 fully saturated rings. The van der Waals surface area contributed by atoms with Crippen molar-refractivity contribution in [2.24, 2.45) is 0 Å². The zero-order valence-electron chi connectivity index (χ0n) is 7.18. The lowest BCUT2D eigenvalue weighted by Gasteiger charge is -1.91. The van der Waals surface area contributed by atoms with Gasteiger partial charge in [-0.05, 0) is 15.9 Å². The number of rotatable bonds is 1. The van der Waals surface area contributed by atoms with Crippen molar-refractivity contribution in [3.63, 3.8) is 0 Å². The molecule has 0 N–H and O–H groups in total. The van der Waals surface area contributed by atoms with E-state index in [1.807, 2.05) is 0 Å². The van der Waals surface area contributed by atoms with Crippen LogP contribution < -0.4 is 0 Å². The van der Waals surface area contributed by atoms with Crippen molar-refractivity contribution in [3.8, 4) is 0 Å². The summed E-state index contributed by atoms with van der Waals surface area (Å²) in [7, 11) is 0. The minimum atomic E-state index is -0.353. The van der Waals surface area contributed by atoms with Crippen LogP contribution in [0.3, 0.4) is 0 Å². The van der Waals surface area contributed by atoms with Gasteiger partial charge in [-0.3, -0.25) is 4.79 Å². The fourth-order valence-corrected chi connectivity index (χ4v) is 0.589. The second kappa shape index (κ2) is 2.88. The van der Waals surface area contributed by atoms with E-state index in [2.05, 4.69) is 25.9 Å². The summed E-state index contributed by atoms with van der Waals surface area (Å²) in [4.78, 5) is 18.0. The van der Waals surface area contributed by atoms with Crippen LogP contribution in [0.25, 0.3) is 0 Å². The molecular formula is C6H5BrN2O. The van der Waals surface area contributed by atoms with Gasteiger partial charge in [0.1, 0.15) is 10.3 Å². The Morgan fingerprint density at radius 3 is 3.00 bits per heavy atom. The third kappa shape index (κ3) is 1.60. The number of aromatic nitrogens is 2. The first-order chi connectivity index (χ1) is 5.52. The zero-order valence-corrected chi connectivity index (χ0v) is 6.77. The molecule has 0 bridgehead atoms. The molecule has 1 rings (SSSR count). The summed E-state index contributed by atoms with van der Waals surface area (Å²) in [5.41, 5.74) is -0.0665. The summed E-state index contributed by atoms with van der Waals surface area (Å²) in [6, 6.07) is 0. The van der Waals surface area contributed by atoms with Gasteiger partial charge in [-0.1, -0.05) is 0 Å². The van der Waals surface area contributed by atoms with Crippen molar-refractivity contribution in [2.45, 2.75) is 6.92 Å². The van der Waals surface area contributed by atoms with E-state index in [1.54, 1.807) is 0 Å². The third-order valence-electron chi connectivity index (χ3n) is 0.853. The molecule has 4 heteroatoms. The molecular weight excluding hydrogens is 196 g/mol. The molecule has 0 aliphatic carbocycles. The lowest BCUT2D eigenvalue weighted by Crippen LogP contribution is -1.96. The number of ketones is 1. The molecule has 1 aromatic rings. The van der Waals surface area contributed by atoms with Crippen molar-refractivity contribution in [2.75, 3.05) is 0 Å². The van der Waals surface area contributed by atoms with Crippen LogP contribution in [0.15, 0.2) is 16.9 Å². The maximum absolute atomic E-state index is 10.8. The Labute approximate surface area is 69.4 Å².